The molecule has 4 rings (SSSR count). The molecule has 29 heavy (non-hydrogen) atoms. The van der Waals surface area contributed by atoms with E-state index in [2.05, 4.69) is 38.1 Å². The molecule has 0 aliphatic heterocycles. The highest BCUT2D eigenvalue weighted by molar-refractivity contribution is 7.99. The van der Waals surface area contributed by atoms with Gasteiger partial charge in [0.25, 0.3) is 0 Å². The molecular formula is C26H22O2S. The molecule has 3 heteroatoms. The van der Waals surface area contributed by atoms with Crippen LogP contribution >= 0.6 is 11.8 Å². The number of hydrogen-bond donors (Lipinski definition) is 0. The van der Waals surface area contributed by atoms with E-state index >= 15 is 0 Å². The summed E-state index contributed by atoms with van der Waals surface area (Å²) in [4.78, 5) is 2.32. The van der Waals surface area contributed by atoms with Crippen molar-refractivity contribution in [2.45, 2.75) is 23.6 Å². The highest BCUT2D eigenvalue weighted by Crippen LogP contribution is 2.32. The monoisotopic (exact) mass is 398 g/mol. The minimum atomic E-state index is 0.833. The van der Waals surface area contributed by atoms with Crippen LogP contribution in [0.4, 0.5) is 0 Å². The summed E-state index contributed by atoms with van der Waals surface area (Å²) in [6, 6.07) is 32.4. The number of benzene rings is 4. The Kier molecular flexibility index (Phi) is 5.87. The molecule has 0 aliphatic carbocycles. The van der Waals surface area contributed by atoms with Gasteiger partial charge >= 0.3 is 0 Å². The molecule has 0 amide bonds. The van der Waals surface area contributed by atoms with Gasteiger partial charge in [0.1, 0.15) is 23.0 Å². The summed E-state index contributed by atoms with van der Waals surface area (Å²) in [6.45, 7) is 4.13. The lowest BCUT2D eigenvalue weighted by Crippen LogP contribution is -1.85. The van der Waals surface area contributed by atoms with Gasteiger partial charge in [-0.05, 0) is 86.6 Å². The maximum atomic E-state index is 5.89. The average molecular weight is 399 g/mol. The van der Waals surface area contributed by atoms with E-state index in [4.69, 9.17) is 9.47 Å². The van der Waals surface area contributed by atoms with Crippen molar-refractivity contribution in [1.82, 2.24) is 0 Å². The Morgan fingerprint density at radius 2 is 0.690 bits per heavy atom. The fraction of sp³-hybridized carbons (Fsp3) is 0.0769. The summed E-state index contributed by atoms with van der Waals surface area (Å²) in [7, 11) is 0. The first kappa shape index (κ1) is 19.2. The molecule has 0 aromatic heterocycles. The van der Waals surface area contributed by atoms with Crippen LogP contribution in [0, 0.1) is 13.8 Å². The molecule has 4 aromatic carbocycles. The van der Waals surface area contributed by atoms with Crippen LogP contribution in [-0.4, -0.2) is 0 Å². The van der Waals surface area contributed by atoms with Crippen molar-refractivity contribution >= 4 is 11.8 Å². The van der Waals surface area contributed by atoms with Crippen LogP contribution < -0.4 is 9.47 Å². The molecule has 0 atom stereocenters. The molecule has 0 aliphatic rings. The van der Waals surface area contributed by atoms with Crippen molar-refractivity contribution in [2.75, 3.05) is 0 Å². The maximum Gasteiger partial charge on any atom is 0.127 e. The molecule has 0 fully saturated rings. The normalized spacial score (nSPS) is 10.6. The van der Waals surface area contributed by atoms with E-state index in [1.807, 2.05) is 72.8 Å². The van der Waals surface area contributed by atoms with Gasteiger partial charge in [0.05, 0.1) is 0 Å². The van der Waals surface area contributed by atoms with Crippen LogP contribution in [0.2, 0.25) is 0 Å². The Hall–Kier alpha value is -3.17. The van der Waals surface area contributed by atoms with Gasteiger partial charge in [0, 0.05) is 9.79 Å². The van der Waals surface area contributed by atoms with E-state index in [1.165, 1.54) is 11.1 Å². The topological polar surface area (TPSA) is 18.5 Å². The van der Waals surface area contributed by atoms with Crippen LogP contribution in [0.5, 0.6) is 23.0 Å². The number of rotatable bonds is 6. The van der Waals surface area contributed by atoms with Crippen LogP contribution in [-0.2, 0) is 0 Å². The zero-order chi connectivity index (χ0) is 20.1. The largest absolute Gasteiger partial charge is 0.457 e. The molecule has 0 saturated carbocycles. The molecule has 0 spiro atoms. The molecule has 0 heterocycles. The SMILES string of the molecule is Cc1ccc(Oc2ccc(Sc3ccc(Oc4ccc(C)cc4)cc3)cc2)cc1. The van der Waals surface area contributed by atoms with Gasteiger partial charge in [0.15, 0.2) is 0 Å². The van der Waals surface area contributed by atoms with Gasteiger partial charge in [-0.2, -0.15) is 0 Å². The molecule has 2 nitrogen and oxygen atoms in total. The molecule has 144 valence electrons. The minimum Gasteiger partial charge on any atom is -0.457 e. The Morgan fingerprint density at radius 1 is 0.414 bits per heavy atom. The standard InChI is InChI=1S/C26H22O2S/c1-19-3-7-21(8-4-19)27-23-11-15-25(16-12-23)29-26-17-13-24(14-18-26)28-22-9-5-20(2)6-10-22/h3-18H,1-2H3. The van der Waals surface area contributed by atoms with E-state index in [0.29, 0.717) is 0 Å². The smallest absolute Gasteiger partial charge is 0.127 e. The molecule has 4 aromatic rings. The maximum absolute atomic E-state index is 5.89. The summed E-state index contributed by atoms with van der Waals surface area (Å²) in [6.07, 6.45) is 0. The summed E-state index contributed by atoms with van der Waals surface area (Å²) < 4.78 is 11.8. The van der Waals surface area contributed by atoms with Crippen molar-refractivity contribution < 1.29 is 9.47 Å². The van der Waals surface area contributed by atoms with E-state index in [1.54, 1.807) is 11.8 Å². The predicted molar refractivity (Wildman–Crippen MR) is 120 cm³/mol. The number of hydrogen-bond acceptors (Lipinski definition) is 3. The van der Waals surface area contributed by atoms with Gasteiger partial charge < -0.3 is 9.47 Å². The molecule has 0 N–H and O–H groups in total. The summed E-state index contributed by atoms with van der Waals surface area (Å²) in [5.74, 6) is 3.36. The lowest BCUT2D eigenvalue weighted by molar-refractivity contribution is 0.482. The molecule has 0 radical (unpaired) electrons. The molecular weight excluding hydrogens is 376 g/mol. The van der Waals surface area contributed by atoms with Gasteiger partial charge in [-0.15, -0.1) is 0 Å². The Balaban J connectivity index is 1.36. The number of aryl methyl sites for hydroxylation is 2. The van der Waals surface area contributed by atoms with Crippen molar-refractivity contribution in [1.29, 1.82) is 0 Å². The first-order valence-electron chi connectivity index (χ1n) is 9.51. The third-order valence-corrected chi connectivity index (χ3v) is 5.41. The van der Waals surface area contributed by atoms with Crippen molar-refractivity contribution in [3.63, 3.8) is 0 Å². The predicted octanol–water partition coefficient (Wildman–Crippen LogP) is 8.04. The van der Waals surface area contributed by atoms with E-state index < -0.39 is 0 Å². The molecule has 0 saturated heterocycles. The fourth-order valence-electron chi connectivity index (χ4n) is 2.77. The third kappa shape index (κ3) is 5.43. The lowest BCUT2D eigenvalue weighted by atomic mass is 10.2. The average Bonchev–Trinajstić information content (AvgIpc) is 2.74. The zero-order valence-corrected chi connectivity index (χ0v) is 17.3. The van der Waals surface area contributed by atoms with Crippen molar-refractivity contribution in [2.24, 2.45) is 0 Å². The van der Waals surface area contributed by atoms with Gasteiger partial charge in [-0.1, -0.05) is 47.2 Å². The summed E-state index contributed by atoms with van der Waals surface area (Å²) in [5.41, 5.74) is 2.44. The second kappa shape index (κ2) is 8.89. The van der Waals surface area contributed by atoms with E-state index in [-0.39, 0.29) is 0 Å². The molecule has 0 unspecified atom stereocenters. The van der Waals surface area contributed by atoms with E-state index in [9.17, 15) is 0 Å². The minimum absolute atomic E-state index is 0.833. The van der Waals surface area contributed by atoms with Crippen molar-refractivity contribution in [3.8, 4) is 23.0 Å². The first-order valence-corrected chi connectivity index (χ1v) is 10.3. The van der Waals surface area contributed by atoms with Crippen molar-refractivity contribution in [3.05, 3.63) is 108 Å². The lowest BCUT2D eigenvalue weighted by Gasteiger charge is -2.08. The van der Waals surface area contributed by atoms with Gasteiger partial charge in [0.2, 0.25) is 0 Å². The van der Waals surface area contributed by atoms with Crippen LogP contribution in [0.3, 0.4) is 0 Å². The zero-order valence-electron chi connectivity index (χ0n) is 16.5. The second-order valence-electron chi connectivity index (χ2n) is 6.88. The highest BCUT2D eigenvalue weighted by atomic mass is 32.2. The Morgan fingerprint density at radius 3 is 1.00 bits per heavy atom. The second-order valence-corrected chi connectivity index (χ2v) is 8.02. The van der Waals surface area contributed by atoms with Crippen LogP contribution in [0.25, 0.3) is 0 Å². The Labute approximate surface area is 176 Å². The number of ether oxygens (including phenoxy) is 2. The third-order valence-electron chi connectivity index (χ3n) is 4.40. The van der Waals surface area contributed by atoms with Crippen LogP contribution in [0.15, 0.2) is 107 Å². The first-order chi connectivity index (χ1) is 14.1. The van der Waals surface area contributed by atoms with Crippen LogP contribution in [0.1, 0.15) is 11.1 Å². The van der Waals surface area contributed by atoms with E-state index in [0.717, 1.165) is 32.8 Å². The summed E-state index contributed by atoms with van der Waals surface area (Å²) >= 11 is 1.71. The van der Waals surface area contributed by atoms with Gasteiger partial charge in [-0.3, -0.25) is 0 Å². The fourth-order valence-corrected chi connectivity index (χ4v) is 3.59. The summed E-state index contributed by atoms with van der Waals surface area (Å²) in [5, 5.41) is 0. The Bertz CT molecular complexity index is 963. The molecule has 0 bridgehead atoms. The quantitative estimate of drug-likeness (QED) is 0.327. The highest BCUT2D eigenvalue weighted by Gasteiger charge is 2.02. The van der Waals surface area contributed by atoms with Gasteiger partial charge in [-0.25, -0.2) is 0 Å².